The van der Waals surface area contributed by atoms with Gasteiger partial charge in [0.05, 0.1) is 17.6 Å². The highest BCUT2D eigenvalue weighted by Crippen LogP contribution is 2.22. The molecule has 5 heteroatoms. The first-order chi connectivity index (χ1) is 15.7. The maximum Gasteiger partial charge on any atom is 0.147 e. The predicted molar refractivity (Wildman–Crippen MR) is 131 cm³/mol. The number of hydrogen-bond acceptors (Lipinski definition) is 3. The molecule has 0 aliphatic rings. The van der Waals surface area contributed by atoms with Gasteiger partial charge in [-0.05, 0) is 67.3 Å². The molecule has 0 saturated heterocycles. The Labute approximate surface area is 194 Å². The van der Waals surface area contributed by atoms with E-state index in [1.54, 1.807) is 0 Å². The van der Waals surface area contributed by atoms with Crippen LogP contribution in [0.5, 0.6) is 11.5 Å². The van der Waals surface area contributed by atoms with Gasteiger partial charge in [-0.3, -0.25) is 0 Å². The third-order valence-electron chi connectivity index (χ3n) is 5.29. The first kappa shape index (κ1) is 22.0. The van der Waals surface area contributed by atoms with Crippen LogP contribution in [0.25, 0.3) is 11.0 Å². The average Bonchev–Trinajstić information content (AvgIpc) is 3.17. The molecule has 3 aromatic carbocycles. The average molecular weight is 447 g/mol. The van der Waals surface area contributed by atoms with Crippen LogP contribution in [0.15, 0.2) is 85.5 Å². The van der Waals surface area contributed by atoms with Gasteiger partial charge in [0.15, 0.2) is 0 Å². The van der Waals surface area contributed by atoms with Crippen molar-refractivity contribution < 1.29 is 9.47 Å². The van der Waals surface area contributed by atoms with Crippen molar-refractivity contribution in [2.24, 2.45) is 0 Å². The van der Waals surface area contributed by atoms with Gasteiger partial charge in [-0.25, -0.2) is 4.98 Å². The van der Waals surface area contributed by atoms with E-state index in [-0.39, 0.29) is 0 Å². The molecule has 0 N–H and O–H groups in total. The van der Waals surface area contributed by atoms with Gasteiger partial charge in [-0.1, -0.05) is 48.0 Å². The first-order valence-corrected chi connectivity index (χ1v) is 11.3. The van der Waals surface area contributed by atoms with Gasteiger partial charge in [0.2, 0.25) is 0 Å². The van der Waals surface area contributed by atoms with Crippen LogP contribution in [0.2, 0.25) is 5.02 Å². The molecule has 0 aliphatic carbocycles. The third-order valence-corrected chi connectivity index (χ3v) is 5.54. The number of benzene rings is 3. The molecule has 0 amide bonds. The van der Waals surface area contributed by atoms with Crippen LogP contribution in [0.3, 0.4) is 0 Å². The fourth-order valence-corrected chi connectivity index (χ4v) is 3.81. The van der Waals surface area contributed by atoms with E-state index >= 15 is 0 Å². The molecule has 164 valence electrons. The zero-order valence-electron chi connectivity index (χ0n) is 18.0. The largest absolute Gasteiger partial charge is 0.493 e. The summed E-state index contributed by atoms with van der Waals surface area (Å²) in [5, 5.41) is 0.693. The summed E-state index contributed by atoms with van der Waals surface area (Å²) in [7, 11) is 0. The zero-order chi connectivity index (χ0) is 22.2. The molecule has 0 fully saturated rings. The smallest absolute Gasteiger partial charge is 0.147 e. The summed E-state index contributed by atoms with van der Waals surface area (Å²) >= 11 is 5.97. The minimum Gasteiger partial charge on any atom is -0.493 e. The number of fused-ring (bicyclic) bond motifs is 1. The highest BCUT2D eigenvalue weighted by molar-refractivity contribution is 6.30. The van der Waals surface area contributed by atoms with Crippen LogP contribution in [-0.2, 0) is 19.6 Å². The van der Waals surface area contributed by atoms with Crippen molar-refractivity contribution in [1.82, 2.24) is 9.55 Å². The molecule has 0 unspecified atom stereocenters. The fraction of sp³-hybridized carbons (Fsp3) is 0.222. The molecule has 0 atom stereocenters. The summed E-state index contributed by atoms with van der Waals surface area (Å²) in [5.41, 5.74) is 3.28. The summed E-state index contributed by atoms with van der Waals surface area (Å²) < 4.78 is 14.2. The second-order valence-electron chi connectivity index (χ2n) is 7.57. The van der Waals surface area contributed by atoms with Crippen molar-refractivity contribution in [2.75, 3.05) is 6.61 Å². The minimum atomic E-state index is 0.405. The van der Waals surface area contributed by atoms with Crippen molar-refractivity contribution in [1.29, 1.82) is 0 Å². The highest BCUT2D eigenvalue weighted by atomic mass is 35.5. The predicted octanol–water partition coefficient (Wildman–Crippen LogP) is 6.86. The van der Waals surface area contributed by atoms with Crippen LogP contribution in [0, 0.1) is 0 Å². The van der Waals surface area contributed by atoms with Gasteiger partial charge in [0.1, 0.15) is 23.9 Å². The van der Waals surface area contributed by atoms with Gasteiger partial charge in [-0.2, -0.15) is 0 Å². The normalized spacial score (nSPS) is 10.9. The molecule has 1 aromatic heterocycles. The van der Waals surface area contributed by atoms with Gasteiger partial charge in [0.25, 0.3) is 0 Å². The van der Waals surface area contributed by atoms with E-state index in [0.717, 1.165) is 54.2 Å². The summed E-state index contributed by atoms with van der Waals surface area (Å²) in [6.45, 7) is 5.77. The molecule has 4 nitrogen and oxygen atoms in total. The maximum atomic E-state index is 6.03. The van der Waals surface area contributed by atoms with Crippen molar-refractivity contribution in [3.05, 3.63) is 102 Å². The quantitative estimate of drug-likeness (QED) is 0.186. The van der Waals surface area contributed by atoms with Crippen LogP contribution in [0.4, 0.5) is 0 Å². The lowest BCUT2D eigenvalue weighted by Crippen LogP contribution is -2.09. The van der Waals surface area contributed by atoms with Crippen molar-refractivity contribution in [3.8, 4) is 11.5 Å². The van der Waals surface area contributed by atoms with Gasteiger partial charge in [-0.15, -0.1) is 6.58 Å². The van der Waals surface area contributed by atoms with Crippen LogP contribution >= 0.6 is 11.6 Å². The Morgan fingerprint density at radius 2 is 1.69 bits per heavy atom. The molecule has 4 aromatic rings. The Kier molecular flexibility index (Phi) is 7.47. The van der Waals surface area contributed by atoms with E-state index in [1.807, 2.05) is 66.7 Å². The summed E-state index contributed by atoms with van der Waals surface area (Å²) in [4.78, 5) is 4.80. The number of halogens is 1. The molecular weight excluding hydrogens is 420 g/mol. The van der Waals surface area contributed by atoms with E-state index in [9.17, 15) is 0 Å². The SMILES string of the molecule is C=CCc1ccccc1OCCCCn1c(COc2ccc(Cl)cc2)nc2ccccc21. The molecular formula is C27H27ClN2O2. The highest BCUT2D eigenvalue weighted by Gasteiger charge is 2.11. The summed E-state index contributed by atoms with van der Waals surface area (Å²) in [6, 6.07) is 23.7. The van der Waals surface area contributed by atoms with E-state index in [2.05, 4.69) is 23.3 Å². The maximum absolute atomic E-state index is 6.03. The molecule has 4 rings (SSSR count). The number of unbranched alkanes of at least 4 members (excludes halogenated alkanes) is 1. The number of aromatic nitrogens is 2. The number of nitrogens with zero attached hydrogens (tertiary/aromatic N) is 2. The molecule has 0 radical (unpaired) electrons. The lowest BCUT2D eigenvalue weighted by molar-refractivity contribution is 0.284. The Morgan fingerprint density at radius 3 is 2.53 bits per heavy atom. The number of para-hydroxylation sites is 3. The number of ether oxygens (including phenoxy) is 2. The van der Waals surface area contributed by atoms with Gasteiger partial charge < -0.3 is 14.0 Å². The molecule has 0 spiro atoms. The summed E-state index contributed by atoms with van der Waals surface area (Å²) in [6.07, 6.45) is 4.65. The second-order valence-corrected chi connectivity index (χ2v) is 8.00. The van der Waals surface area contributed by atoms with Crippen LogP contribution in [0.1, 0.15) is 24.2 Å². The Balaban J connectivity index is 1.37. The van der Waals surface area contributed by atoms with E-state index < -0.39 is 0 Å². The molecule has 0 aliphatic heterocycles. The molecule has 32 heavy (non-hydrogen) atoms. The lowest BCUT2D eigenvalue weighted by Gasteiger charge is -2.12. The Hall–Kier alpha value is -3.24. The standard InChI is InChI=1S/C27H27ClN2O2/c1-2-9-21-10-3-6-13-26(21)31-19-8-7-18-30-25-12-5-4-11-24(25)29-27(30)20-32-23-16-14-22(28)15-17-23/h2-6,10-17H,1,7-9,18-20H2. The van der Waals surface area contributed by atoms with Crippen molar-refractivity contribution in [3.63, 3.8) is 0 Å². The Bertz CT molecular complexity index is 1170. The number of hydrogen-bond donors (Lipinski definition) is 0. The van der Waals surface area contributed by atoms with E-state index in [0.29, 0.717) is 18.2 Å². The summed E-state index contributed by atoms with van der Waals surface area (Å²) in [5.74, 6) is 2.63. The number of allylic oxidation sites excluding steroid dienone is 1. The number of rotatable bonds is 11. The first-order valence-electron chi connectivity index (χ1n) is 10.9. The monoisotopic (exact) mass is 446 g/mol. The van der Waals surface area contributed by atoms with Crippen molar-refractivity contribution >= 4 is 22.6 Å². The third kappa shape index (κ3) is 5.51. The minimum absolute atomic E-state index is 0.405. The lowest BCUT2D eigenvalue weighted by atomic mass is 10.1. The molecule has 0 bridgehead atoms. The topological polar surface area (TPSA) is 36.3 Å². The molecule has 1 heterocycles. The van der Waals surface area contributed by atoms with Crippen LogP contribution in [-0.4, -0.2) is 16.2 Å². The molecule has 0 saturated carbocycles. The van der Waals surface area contributed by atoms with Gasteiger partial charge in [0, 0.05) is 11.6 Å². The Morgan fingerprint density at radius 1 is 0.906 bits per heavy atom. The fourth-order valence-electron chi connectivity index (χ4n) is 3.69. The number of imidazole rings is 1. The second kappa shape index (κ2) is 10.9. The van der Waals surface area contributed by atoms with E-state index in [1.165, 1.54) is 5.56 Å². The number of aryl methyl sites for hydroxylation is 1. The zero-order valence-corrected chi connectivity index (χ0v) is 18.8. The van der Waals surface area contributed by atoms with Crippen LogP contribution < -0.4 is 9.47 Å². The van der Waals surface area contributed by atoms with E-state index in [4.69, 9.17) is 26.1 Å². The van der Waals surface area contributed by atoms with Crippen molar-refractivity contribution in [2.45, 2.75) is 32.4 Å². The van der Waals surface area contributed by atoms with Gasteiger partial charge >= 0.3 is 0 Å².